The Kier molecular flexibility index (Phi) is 7.57. The van der Waals surface area contributed by atoms with E-state index in [-0.39, 0.29) is 6.03 Å². The standard InChI is InChI=1S/C28H27ClN4O4S/c1-18-6-7-19(13-24(18)29)30-27(34)32(15-22-5-4-12-37-22)11-10-20-17-38-28-31-25(16-33(20)28)23-14-21(35-2)8-9-26(23)36-3/h4-9,12-14,16-17H,10-11,15H2,1-3H3,(H,30,34). The molecule has 8 nitrogen and oxygen atoms in total. The number of furan rings is 1. The molecule has 0 radical (unpaired) electrons. The third-order valence-electron chi connectivity index (χ3n) is 6.24. The summed E-state index contributed by atoms with van der Waals surface area (Å²) in [5.74, 6) is 2.15. The van der Waals surface area contributed by atoms with Gasteiger partial charge in [0.15, 0.2) is 4.96 Å². The number of amides is 2. The Labute approximate surface area is 229 Å². The molecule has 196 valence electrons. The largest absolute Gasteiger partial charge is 0.497 e. The average Bonchev–Trinajstić information content (AvgIpc) is 3.67. The van der Waals surface area contributed by atoms with Crippen molar-refractivity contribution in [2.75, 3.05) is 26.1 Å². The molecule has 0 saturated heterocycles. The van der Waals surface area contributed by atoms with Crippen LogP contribution >= 0.6 is 22.9 Å². The molecule has 0 aliphatic rings. The van der Waals surface area contributed by atoms with E-state index in [2.05, 4.69) is 15.1 Å². The lowest BCUT2D eigenvalue weighted by molar-refractivity contribution is 0.204. The Morgan fingerprint density at radius 2 is 2.05 bits per heavy atom. The Morgan fingerprint density at radius 1 is 1.18 bits per heavy atom. The topological polar surface area (TPSA) is 81.2 Å². The first-order valence-electron chi connectivity index (χ1n) is 12.0. The number of urea groups is 1. The molecule has 0 unspecified atom stereocenters. The van der Waals surface area contributed by atoms with Gasteiger partial charge in [-0.1, -0.05) is 17.7 Å². The van der Waals surface area contributed by atoms with Gasteiger partial charge in [0.25, 0.3) is 0 Å². The van der Waals surface area contributed by atoms with E-state index < -0.39 is 0 Å². The van der Waals surface area contributed by atoms with Gasteiger partial charge in [0.1, 0.15) is 17.3 Å². The van der Waals surface area contributed by atoms with Crippen molar-refractivity contribution in [2.24, 2.45) is 0 Å². The van der Waals surface area contributed by atoms with Gasteiger partial charge in [-0.3, -0.25) is 4.40 Å². The highest BCUT2D eigenvalue weighted by molar-refractivity contribution is 7.15. The number of hydrogen-bond donors (Lipinski definition) is 1. The van der Waals surface area contributed by atoms with Gasteiger partial charge in [0.05, 0.1) is 32.7 Å². The van der Waals surface area contributed by atoms with E-state index in [1.165, 1.54) is 0 Å². The Hall–Kier alpha value is -3.95. The molecule has 5 rings (SSSR count). The highest BCUT2D eigenvalue weighted by atomic mass is 35.5. The molecule has 0 spiro atoms. The molecule has 0 saturated carbocycles. The van der Waals surface area contributed by atoms with Crippen molar-refractivity contribution < 1.29 is 18.7 Å². The van der Waals surface area contributed by atoms with Crippen LogP contribution in [0.25, 0.3) is 16.2 Å². The molecule has 0 aliphatic heterocycles. The fraction of sp³-hybridized carbons (Fsp3) is 0.214. The lowest BCUT2D eigenvalue weighted by Gasteiger charge is -2.22. The molecule has 2 aromatic carbocycles. The molecule has 0 atom stereocenters. The fourth-order valence-corrected chi connectivity index (χ4v) is 5.21. The number of rotatable bonds is 9. The van der Waals surface area contributed by atoms with Gasteiger partial charge in [0.2, 0.25) is 0 Å². The van der Waals surface area contributed by atoms with Crippen LogP contribution in [0.2, 0.25) is 5.02 Å². The zero-order valence-corrected chi connectivity index (χ0v) is 22.8. The van der Waals surface area contributed by atoms with Crippen molar-refractivity contribution in [3.63, 3.8) is 0 Å². The fourth-order valence-electron chi connectivity index (χ4n) is 4.12. The van der Waals surface area contributed by atoms with Crippen LogP contribution in [0, 0.1) is 6.92 Å². The van der Waals surface area contributed by atoms with E-state index in [4.69, 9.17) is 30.5 Å². The van der Waals surface area contributed by atoms with Crippen molar-refractivity contribution in [3.8, 4) is 22.8 Å². The molecule has 38 heavy (non-hydrogen) atoms. The van der Waals surface area contributed by atoms with Crippen LogP contribution in [0.5, 0.6) is 11.5 Å². The summed E-state index contributed by atoms with van der Waals surface area (Å²) in [6.45, 7) is 2.72. The normalized spacial score (nSPS) is 11.1. The molecule has 10 heteroatoms. The molecule has 0 aliphatic carbocycles. The Morgan fingerprint density at radius 3 is 2.79 bits per heavy atom. The molecule has 1 N–H and O–H groups in total. The summed E-state index contributed by atoms with van der Waals surface area (Å²) >= 11 is 7.81. The number of aryl methyl sites for hydroxylation is 1. The summed E-state index contributed by atoms with van der Waals surface area (Å²) in [5.41, 5.74) is 4.27. The van der Waals surface area contributed by atoms with Gasteiger partial charge in [-0.15, -0.1) is 11.3 Å². The van der Waals surface area contributed by atoms with E-state index >= 15 is 0 Å². The molecular formula is C28H27ClN4O4S. The maximum absolute atomic E-state index is 13.3. The number of carbonyl (C=O) groups is 1. The highest BCUT2D eigenvalue weighted by Crippen LogP contribution is 2.34. The van der Waals surface area contributed by atoms with Gasteiger partial charge in [-0.05, 0) is 55.0 Å². The van der Waals surface area contributed by atoms with Crippen LogP contribution in [-0.2, 0) is 13.0 Å². The van der Waals surface area contributed by atoms with Gasteiger partial charge in [0, 0.05) is 46.5 Å². The van der Waals surface area contributed by atoms with Crippen molar-refractivity contribution in [3.05, 3.63) is 88.4 Å². The number of hydrogen-bond acceptors (Lipinski definition) is 6. The minimum atomic E-state index is -0.236. The molecular weight excluding hydrogens is 524 g/mol. The summed E-state index contributed by atoms with van der Waals surface area (Å²) in [6.07, 6.45) is 4.21. The number of imidazole rings is 1. The van der Waals surface area contributed by atoms with Crippen molar-refractivity contribution in [2.45, 2.75) is 19.9 Å². The number of ether oxygens (including phenoxy) is 2. The van der Waals surface area contributed by atoms with E-state index in [0.717, 1.165) is 39.0 Å². The number of anilines is 1. The molecule has 5 aromatic rings. The SMILES string of the molecule is COc1ccc(OC)c(-c2cn3c(CCN(Cc4ccco4)C(=O)Nc4ccc(C)c(Cl)c4)csc3n2)c1. The van der Waals surface area contributed by atoms with Crippen LogP contribution in [0.1, 0.15) is 17.0 Å². The Balaban J connectivity index is 1.37. The number of carbonyl (C=O) groups excluding carboxylic acids is 1. The number of aromatic nitrogens is 2. The second-order valence-corrected chi connectivity index (χ2v) is 9.96. The van der Waals surface area contributed by atoms with Crippen LogP contribution < -0.4 is 14.8 Å². The minimum Gasteiger partial charge on any atom is -0.497 e. The maximum Gasteiger partial charge on any atom is 0.322 e. The highest BCUT2D eigenvalue weighted by Gasteiger charge is 2.19. The van der Waals surface area contributed by atoms with Crippen LogP contribution in [0.15, 0.2) is 70.8 Å². The predicted octanol–water partition coefficient (Wildman–Crippen LogP) is 6.91. The molecule has 0 fully saturated rings. The van der Waals surface area contributed by atoms with Crippen LogP contribution in [0.3, 0.4) is 0 Å². The molecule has 2 amide bonds. The number of benzene rings is 2. The summed E-state index contributed by atoms with van der Waals surface area (Å²) in [5, 5.41) is 5.63. The predicted molar refractivity (Wildman–Crippen MR) is 150 cm³/mol. The smallest absolute Gasteiger partial charge is 0.322 e. The van der Waals surface area contributed by atoms with Crippen LogP contribution in [0.4, 0.5) is 10.5 Å². The zero-order valence-electron chi connectivity index (χ0n) is 21.2. The average molecular weight is 551 g/mol. The van der Waals surface area contributed by atoms with Gasteiger partial charge in [-0.25, -0.2) is 9.78 Å². The van der Waals surface area contributed by atoms with E-state index in [1.54, 1.807) is 42.8 Å². The summed E-state index contributed by atoms with van der Waals surface area (Å²) in [4.78, 5) is 20.7. The second-order valence-electron chi connectivity index (χ2n) is 8.72. The summed E-state index contributed by atoms with van der Waals surface area (Å²) in [6, 6.07) is 14.5. The molecule has 3 aromatic heterocycles. The first kappa shape index (κ1) is 25.7. The number of fused-ring (bicyclic) bond motifs is 1. The van der Waals surface area contributed by atoms with E-state index in [1.807, 2.05) is 55.6 Å². The first-order valence-corrected chi connectivity index (χ1v) is 13.2. The number of halogens is 1. The van der Waals surface area contributed by atoms with Gasteiger partial charge < -0.3 is 24.1 Å². The number of nitrogens with zero attached hydrogens (tertiary/aromatic N) is 3. The second kappa shape index (κ2) is 11.2. The quantitative estimate of drug-likeness (QED) is 0.216. The van der Waals surface area contributed by atoms with E-state index in [9.17, 15) is 4.79 Å². The lowest BCUT2D eigenvalue weighted by atomic mass is 10.1. The number of nitrogens with one attached hydrogen (secondary N) is 1. The third-order valence-corrected chi connectivity index (χ3v) is 7.54. The first-order chi connectivity index (χ1) is 18.4. The molecule has 0 bridgehead atoms. The van der Waals surface area contributed by atoms with Crippen molar-refractivity contribution in [1.82, 2.24) is 14.3 Å². The van der Waals surface area contributed by atoms with Gasteiger partial charge in [-0.2, -0.15) is 0 Å². The zero-order chi connectivity index (χ0) is 26.6. The van der Waals surface area contributed by atoms with E-state index in [0.29, 0.717) is 36.0 Å². The lowest BCUT2D eigenvalue weighted by Crippen LogP contribution is -2.36. The van der Waals surface area contributed by atoms with Crippen molar-refractivity contribution in [1.29, 1.82) is 0 Å². The monoisotopic (exact) mass is 550 g/mol. The van der Waals surface area contributed by atoms with Crippen molar-refractivity contribution >= 4 is 39.6 Å². The molecule has 3 heterocycles. The maximum atomic E-state index is 13.3. The van der Waals surface area contributed by atoms with Gasteiger partial charge >= 0.3 is 6.03 Å². The minimum absolute atomic E-state index is 0.236. The van der Waals surface area contributed by atoms with Crippen LogP contribution in [-0.4, -0.2) is 41.1 Å². The summed E-state index contributed by atoms with van der Waals surface area (Å²) in [7, 11) is 3.27. The number of methoxy groups -OCH3 is 2. The summed E-state index contributed by atoms with van der Waals surface area (Å²) < 4.78 is 18.5. The Bertz CT molecular complexity index is 1560. The number of thiazole rings is 1. The third kappa shape index (κ3) is 5.49.